The number of fused-ring (bicyclic) bond motifs is 1. The summed E-state index contributed by atoms with van der Waals surface area (Å²) in [7, 11) is 0. The molecule has 108 valence electrons. The number of hydrogen-bond donors (Lipinski definition) is 2. The number of aryl methyl sites for hydroxylation is 2. The van der Waals surface area contributed by atoms with Gasteiger partial charge < -0.3 is 5.73 Å². The van der Waals surface area contributed by atoms with E-state index in [0.717, 1.165) is 33.1 Å². The Labute approximate surface area is 136 Å². The highest BCUT2D eigenvalue weighted by atomic mass is 79.9. The standard InChI is InChI=1S/C15H15BrN4S/c16-10-5-6-13(19-8-10)21-15-11(14(17)18)7-9-3-1-2-4-12(9)20-15/h5-8H,1-4H2,(H3,17,18). The molecular weight excluding hydrogens is 348 g/mol. The summed E-state index contributed by atoms with van der Waals surface area (Å²) in [5.74, 6) is 0.0653. The van der Waals surface area contributed by atoms with Crippen molar-refractivity contribution in [2.75, 3.05) is 0 Å². The van der Waals surface area contributed by atoms with E-state index in [1.165, 1.54) is 30.2 Å². The maximum Gasteiger partial charge on any atom is 0.125 e. The molecule has 6 heteroatoms. The van der Waals surface area contributed by atoms with Crippen LogP contribution in [0.2, 0.25) is 0 Å². The van der Waals surface area contributed by atoms with Crippen molar-refractivity contribution >= 4 is 33.5 Å². The zero-order valence-electron chi connectivity index (χ0n) is 11.4. The maximum absolute atomic E-state index is 7.79. The number of aromatic nitrogens is 2. The van der Waals surface area contributed by atoms with Gasteiger partial charge >= 0.3 is 0 Å². The van der Waals surface area contributed by atoms with Crippen LogP contribution in [0.5, 0.6) is 0 Å². The number of amidine groups is 1. The van der Waals surface area contributed by atoms with Gasteiger partial charge in [0.25, 0.3) is 0 Å². The van der Waals surface area contributed by atoms with E-state index in [9.17, 15) is 0 Å². The van der Waals surface area contributed by atoms with Gasteiger partial charge in [-0.1, -0.05) is 0 Å². The maximum atomic E-state index is 7.79. The summed E-state index contributed by atoms with van der Waals surface area (Å²) in [5.41, 5.74) is 8.82. The van der Waals surface area contributed by atoms with Crippen molar-refractivity contribution in [3.05, 3.63) is 45.7 Å². The normalized spacial score (nSPS) is 13.8. The fourth-order valence-corrected chi connectivity index (χ4v) is 3.52. The molecule has 2 aromatic heterocycles. The van der Waals surface area contributed by atoms with Crippen LogP contribution in [-0.2, 0) is 12.8 Å². The zero-order valence-corrected chi connectivity index (χ0v) is 13.8. The average Bonchev–Trinajstić information content (AvgIpc) is 2.48. The number of nitrogens with zero attached hydrogens (tertiary/aromatic N) is 2. The van der Waals surface area contributed by atoms with Gasteiger partial charge in [-0.2, -0.15) is 0 Å². The van der Waals surface area contributed by atoms with Crippen LogP contribution in [0, 0.1) is 5.41 Å². The van der Waals surface area contributed by atoms with E-state index in [2.05, 4.69) is 20.9 Å². The quantitative estimate of drug-likeness (QED) is 0.646. The summed E-state index contributed by atoms with van der Waals surface area (Å²) in [6.45, 7) is 0. The minimum atomic E-state index is 0.0653. The third-order valence-electron chi connectivity index (χ3n) is 3.46. The molecule has 0 spiro atoms. The smallest absolute Gasteiger partial charge is 0.125 e. The zero-order chi connectivity index (χ0) is 14.8. The molecule has 0 aliphatic heterocycles. The highest BCUT2D eigenvalue weighted by Crippen LogP contribution is 2.31. The molecule has 0 aromatic carbocycles. The predicted molar refractivity (Wildman–Crippen MR) is 88.0 cm³/mol. The molecule has 4 nitrogen and oxygen atoms in total. The largest absolute Gasteiger partial charge is 0.384 e. The lowest BCUT2D eigenvalue weighted by molar-refractivity contribution is 0.660. The molecule has 0 atom stereocenters. The number of hydrogen-bond acceptors (Lipinski definition) is 4. The first-order valence-electron chi connectivity index (χ1n) is 6.80. The molecule has 21 heavy (non-hydrogen) atoms. The lowest BCUT2D eigenvalue weighted by atomic mass is 9.95. The first-order chi connectivity index (χ1) is 10.1. The molecule has 3 N–H and O–H groups in total. The van der Waals surface area contributed by atoms with Crippen LogP contribution in [0.3, 0.4) is 0 Å². The van der Waals surface area contributed by atoms with E-state index in [4.69, 9.17) is 16.1 Å². The lowest BCUT2D eigenvalue weighted by Gasteiger charge is -2.18. The molecule has 0 saturated heterocycles. The molecule has 0 unspecified atom stereocenters. The molecular formula is C15H15BrN4S. The molecule has 0 fully saturated rings. The van der Waals surface area contributed by atoms with Crippen molar-refractivity contribution in [3.63, 3.8) is 0 Å². The molecule has 3 rings (SSSR count). The second-order valence-corrected chi connectivity index (χ2v) is 6.91. The van der Waals surface area contributed by atoms with Crippen LogP contribution in [-0.4, -0.2) is 15.8 Å². The third-order valence-corrected chi connectivity index (χ3v) is 4.88. The number of rotatable bonds is 3. The van der Waals surface area contributed by atoms with Gasteiger partial charge in [-0.15, -0.1) is 0 Å². The number of nitrogens with two attached hydrogens (primary N) is 1. The molecule has 0 bridgehead atoms. The fourth-order valence-electron chi connectivity index (χ4n) is 2.41. The van der Waals surface area contributed by atoms with Gasteiger partial charge in [0, 0.05) is 21.9 Å². The highest BCUT2D eigenvalue weighted by molar-refractivity contribution is 9.10. The van der Waals surface area contributed by atoms with Crippen molar-refractivity contribution in [1.29, 1.82) is 5.41 Å². The molecule has 1 aliphatic carbocycles. The summed E-state index contributed by atoms with van der Waals surface area (Å²) >= 11 is 4.84. The number of pyridine rings is 2. The molecule has 0 radical (unpaired) electrons. The Kier molecular flexibility index (Phi) is 4.26. The van der Waals surface area contributed by atoms with Gasteiger partial charge in [0.1, 0.15) is 15.9 Å². The Bertz CT molecular complexity index is 685. The minimum Gasteiger partial charge on any atom is -0.384 e. The fraction of sp³-hybridized carbons (Fsp3) is 0.267. The van der Waals surface area contributed by atoms with Gasteiger partial charge in [0.2, 0.25) is 0 Å². The lowest BCUT2D eigenvalue weighted by Crippen LogP contribution is -2.16. The van der Waals surface area contributed by atoms with E-state index < -0.39 is 0 Å². The Morgan fingerprint density at radius 2 is 2.10 bits per heavy atom. The summed E-state index contributed by atoms with van der Waals surface area (Å²) in [5, 5.41) is 9.42. The van der Waals surface area contributed by atoms with Crippen molar-refractivity contribution < 1.29 is 0 Å². The van der Waals surface area contributed by atoms with E-state index in [1.807, 2.05) is 18.2 Å². The van der Waals surface area contributed by atoms with Crippen LogP contribution in [0.1, 0.15) is 29.7 Å². The monoisotopic (exact) mass is 362 g/mol. The van der Waals surface area contributed by atoms with Crippen molar-refractivity contribution in [3.8, 4) is 0 Å². The number of halogens is 1. The van der Waals surface area contributed by atoms with Crippen LogP contribution in [0.25, 0.3) is 0 Å². The van der Waals surface area contributed by atoms with Crippen LogP contribution < -0.4 is 5.73 Å². The van der Waals surface area contributed by atoms with Crippen LogP contribution >= 0.6 is 27.7 Å². The molecule has 2 heterocycles. The second kappa shape index (κ2) is 6.15. The molecule has 0 amide bonds. The first-order valence-corrected chi connectivity index (χ1v) is 8.41. The SMILES string of the molecule is N=C(N)c1cc2c(nc1Sc1ccc(Br)cn1)CCCC2. The van der Waals surface area contributed by atoms with Gasteiger partial charge in [-0.05, 0) is 77.1 Å². The highest BCUT2D eigenvalue weighted by Gasteiger charge is 2.17. The molecule has 0 saturated carbocycles. The van der Waals surface area contributed by atoms with Gasteiger partial charge in [-0.25, -0.2) is 9.97 Å². The first kappa shape index (κ1) is 14.5. The van der Waals surface area contributed by atoms with E-state index in [0.29, 0.717) is 5.56 Å². The summed E-state index contributed by atoms with van der Waals surface area (Å²) in [6, 6.07) is 5.91. The van der Waals surface area contributed by atoms with Crippen molar-refractivity contribution in [2.24, 2.45) is 5.73 Å². The van der Waals surface area contributed by atoms with E-state index in [-0.39, 0.29) is 5.84 Å². The summed E-state index contributed by atoms with van der Waals surface area (Å²) in [4.78, 5) is 9.09. The van der Waals surface area contributed by atoms with Gasteiger partial charge in [0.05, 0.1) is 0 Å². The van der Waals surface area contributed by atoms with Gasteiger partial charge in [-0.3, -0.25) is 5.41 Å². The van der Waals surface area contributed by atoms with Crippen molar-refractivity contribution in [2.45, 2.75) is 35.7 Å². The van der Waals surface area contributed by atoms with Gasteiger partial charge in [0.15, 0.2) is 0 Å². The minimum absolute atomic E-state index is 0.0653. The van der Waals surface area contributed by atoms with Crippen LogP contribution in [0.15, 0.2) is 38.9 Å². The van der Waals surface area contributed by atoms with E-state index in [1.54, 1.807) is 6.20 Å². The third kappa shape index (κ3) is 3.27. The van der Waals surface area contributed by atoms with Crippen molar-refractivity contribution in [1.82, 2.24) is 9.97 Å². The number of nitrogen functional groups attached to an aromatic ring is 1. The topological polar surface area (TPSA) is 75.7 Å². The Morgan fingerprint density at radius 1 is 1.29 bits per heavy atom. The Morgan fingerprint density at radius 3 is 2.81 bits per heavy atom. The number of nitrogens with one attached hydrogen (secondary N) is 1. The Hall–Kier alpha value is -1.40. The van der Waals surface area contributed by atoms with Crippen LogP contribution in [0.4, 0.5) is 0 Å². The Balaban J connectivity index is 1.99. The average molecular weight is 363 g/mol. The molecule has 1 aliphatic rings. The van der Waals surface area contributed by atoms with E-state index >= 15 is 0 Å². The predicted octanol–water partition coefficient (Wildman–Crippen LogP) is 3.55. The molecule has 2 aromatic rings. The summed E-state index contributed by atoms with van der Waals surface area (Å²) in [6.07, 6.45) is 6.17. The second-order valence-electron chi connectivity index (χ2n) is 4.98. The summed E-state index contributed by atoms with van der Waals surface area (Å²) < 4.78 is 0.942.